The van der Waals surface area contributed by atoms with Gasteiger partial charge in [0.05, 0.1) is 11.2 Å². The van der Waals surface area contributed by atoms with Crippen LogP contribution in [0.3, 0.4) is 0 Å². The lowest BCUT2D eigenvalue weighted by Crippen LogP contribution is -2.28. The smallest absolute Gasteiger partial charge is 0.271 e. The summed E-state index contributed by atoms with van der Waals surface area (Å²) in [5.74, 6) is -0.560. The Morgan fingerprint density at radius 1 is 1.03 bits per heavy atom. The number of carbonyl (C=O) groups is 2. The molecular weight excluding hydrogens is 426 g/mol. The first-order chi connectivity index (χ1) is 15.4. The lowest BCUT2D eigenvalue weighted by Gasteiger charge is -2.16. The van der Waals surface area contributed by atoms with Crippen LogP contribution in [0.4, 0.5) is 0 Å². The fraction of sp³-hybridized carbons (Fsp3) is 0.160. The van der Waals surface area contributed by atoms with Crippen molar-refractivity contribution >= 4 is 46.5 Å². The van der Waals surface area contributed by atoms with E-state index in [0.29, 0.717) is 13.1 Å². The van der Waals surface area contributed by atoms with E-state index >= 15 is 0 Å². The van der Waals surface area contributed by atoms with Gasteiger partial charge in [-0.1, -0.05) is 48.0 Å². The fourth-order valence-electron chi connectivity index (χ4n) is 3.28. The van der Waals surface area contributed by atoms with Crippen LogP contribution in [0.15, 0.2) is 65.8 Å². The zero-order chi connectivity index (χ0) is 23.1. The number of phenols is 1. The number of halogens is 1. The molecule has 0 heterocycles. The van der Waals surface area contributed by atoms with Crippen LogP contribution in [0, 0.1) is 0 Å². The van der Waals surface area contributed by atoms with Crippen LogP contribution < -0.4 is 5.43 Å². The summed E-state index contributed by atoms with van der Waals surface area (Å²) in [4.78, 5) is 26.3. The highest BCUT2D eigenvalue weighted by atomic mass is 35.5. The second-order valence-corrected chi connectivity index (χ2v) is 7.41. The molecule has 0 unspecified atom stereocenters. The number of benzene rings is 3. The van der Waals surface area contributed by atoms with Crippen molar-refractivity contribution in [3.63, 3.8) is 0 Å². The molecule has 0 bridgehead atoms. The standard InChI is InChI=1S/C25H24ClN3O3/c1-3-29(4-2)24(31)14-12-17-9-10-19(21-8-6-5-7-20(17)21)16-27-28-25(32)18-11-13-23(30)22(26)15-18/h5-16,30H,3-4H2,1-2H3,(H,28,32)/b14-12+,27-16+. The molecule has 0 aliphatic rings. The Morgan fingerprint density at radius 2 is 1.69 bits per heavy atom. The first-order valence-corrected chi connectivity index (χ1v) is 10.6. The molecule has 0 aliphatic heterocycles. The number of hydrogen-bond donors (Lipinski definition) is 2. The second kappa shape index (κ2) is 10.6. The van der Waals surface area contributed by atoms with Gasteiger partial charge in [0.1, 0.15) is 5.75 Å². The molecule has 3 aromatic rings. The lowest BCUT2D eigenvalue weighted by molar-refractivity contribution is -0.125. The van der Waals surface area contributed by atoms with Gasteiger partial charge in [-0.3, -0.25) is 9.59 Å². The number of fused-ring (bicyclic) bond motifs is 1. The van der Waals surface area contributed by atoms with E-state index in [1.807, 2.05) is 56.3 Å². The Hall–Kier alpha value is -3.64. The van der Waals surface area contributed by atoms with Crippen molar-refractivity contribution in [1.29, 1.82) is 0 Å². The van der Waals surface area contributed by atoms with Crippen LogP contribution in [0.1, 0.15) is 35.3 Å². The van der Waals surface area contributed by atoms with Gasteiger partial charge in [0.2, 0.25) is 5.91 Å². The van der Waals surface area contributed by atoms with Gasteiger partial charge in [-0.2, -0.15) is 5.10 Å². The molecular formula is C25H24ClN3O3. The van der Waals surface area contributed by atoms with Gasteiger partial charge in [0.25, 0.3) is 5.91 Å². The van der Waals surface area contributed by atoms with E-state index in [4.69, 9.17) is 11.6 Å². The van der Waals surface area contributed by atoms with Gasteiger partial charge in [0.15, 0.2) is 0 Å². The molecule has 2 amide bonds. The average Bonchev–Trinajstić information content (AvgIpc) is 2.80. The molecule has 6 nitrogen and oxygen atoms in total. The molecule has 0 spiro atoms. The maximum absolute atomic E-state index is 12.3. The highest BCUT2D eigenvalue weighted by molar-refractivity contribution is 6.32. The van der Waals surface area contributed by atoms with Crippen molar-refractivity contribution in [2.24, 2.45) is 5.10 Å². The first-order valence-electron chi connectivity index (χ1n) is 10.2. The number of nitrogens with zero attached hydrogens (tertiary/aromatic N) is 2. The third kappa shape index (κ3) is 5.34. The van der Waals surface area contributed by atoms with Gasteiger partial charge in [-0.05, 0) is 54.5 Å². The van der Waals surface area contributed by atoms with Gasteiger partial charge in [0, 0.05) is 30.3 Å². The maximum Gasteiger partial charge on any atom is 0.271 e. The van der Waals surface area contributed by atoms with Crippen molar-refractivity contribution in [3.05, 3.63) is 82.4 Å². The summed E-state index contributed by atoms with van der Waals surface area (Å²) in [7, 11) is 0. The first kappa shape index (κ1) is 23.0. The molecule has 3 rings (SSSR count). The van der Waals surface area contributed by atoms with Gasteiger partial charge in [-0.15, -0.1) is 0 Å². The van der Waals surface area contributed by atoms with Crippen molar-refractivity contribution in [3.8, 4) is 5.75 Å². The third-order valence-electron chi connectivity index (χ3n) is 5.05. The number of rotatable bonds is 7. The number of likely N-dealkylation sites (N-methyl/N-ethyl adjacent to an activating group) is 1. The summed E-state index contributed by atoms with van der Waals surface area (Å²) in [6.45, 7) is 5.23. The summed E-state index contributed by atoms with van der Waals surface area (Å²) in [5, 5.41) is 15.5. The molecule has 32 heavy (non-hydrogen) atoms. The van der Waals surface area contributed by atoms with E-state index in [9.17, 15) is 14.7 Å². The highest BCUT2D eigenvalue weighted by Crippen LogP contribution is 2.24. The number of aromatic hydroxyl groups is 1. The fourth-order valence-corrected chi connectivity index (χ4v) is 3.46. The second-order valence-electron chi connectivity index (χ2n) is 7.00. The molecule has 0 fully saturated rings. The van der Waals surface area contributed by atoms with E-state index in [-0.39, 0.29) is 22.2 Å². The molecule has 0 aliphatic carbocycles. The summed E-state index contributed by atoms with van der Waals surface area (Å²) in [6, 6.07) is 15.8. The highest BCUT2D eigenvalue weighted by Gasteiger charge is 2.09. The molecule has 164 valence electrons. The summed E-state index contributed by atoms with van der Waals surface area (Å²) < 4.78 is 0. The molecule has 3 aromatic carbocycles. The topological polar surface area (TPSA) is 82.0 Å². The lowest BCUT2D eigenvalue weighted by atomic mass is 9.99. The van der Waals surface area contributed by atoms with Crippen molar-refractivity contribution < 1.29 is 14.7 Å². The van der Waals surface area contributed by atoms with E-state index in [1.54, 1.807) is 17.2 Å². The van der Waals surface area contributed by atoms with Crippen LogP contribution in [0.5, 0.6) is 5.75 Å². The number of nitrogens with one attached hydrogen (secondary N) is 1. The van der Waals surface area contributed by atoms with E-state index < -0.39 is 5.91 Å². The molecule has 0 saturated carbocycles. The molecule has 0 aromatic heterocycles. The Balaban J connectivity index is 1.81. The SMILES string of the molecule is CCN(CC)C(=O)/C=C/c1ccc(/C=N/NC(=O)c2ccc(O)c(Cl)c2)c2ccccc12. The van der Waals surface area contributed by atoms with Crippen LogP contribution in [0.25, 0.3) is 16.8 Å². The third-order valence-corrected chi connectivity index (χ3v) is 5.35. The Morgan fingerprint density at radius 3 is 2.34 bits per heavy atom. The van der Waals surface area contributed by atoms with Crippen molar-refractivity contribution in [1.82, 2.24) is 10.3 Å². The zero-order valence-corrected chi connectivity index (χ0v) is 18.6. The molecule has 2 N–H and O–H groups in total. The maximum atomic E-state index is 12.3. The van der Waals surface area contributed by atoms with Crippen molar-refractivity contribution in [2.75, 3.05) is 13.1 Å². The van der Waals surface area contributed by atoms with Crippen LogP contribution in [-0.4, -0.2) is 41.1 Å². The van der Waals surface area contributed by atoms with Crippen LogP contribution >= 0.6 is 11.6 Å². The van der Waals surface area contributed by atoms with Crippen molar-refractivity contribution in [2.45, 2.75) is 13.8 Å². The van der Waals surface area contributed by atoms with E-state index in [0.717, 1.165) is 21.9 Å². The average molecular weight is 450 g/mol. The Kier molecular flexibility index (Phi) is 7.63. The van der Waals surface area contributed by atoms with E-state index in [1.165, 1.54) is 18.2 Å². The largest absolute Gasteiger partial charge is 0.506 e. The molecule has 0 saturated heterocycles. The van der Waals surface area contributed by atoms with E-state index in [2.05, 4.69) is 10.5 Å². The Bertz CT molecular complexity index is 1200. The number of hydrogen-bond acceptors (Lipinski definition) is 4. The van der Waals surface area contributed by atoms with Crippen LogP contribution in [0.2, 0.25) is 5.02 Å². The quantitative estimate of drug-likeness (QED) is 0.307. The summed E-state index contributed by atoms with van der Waals surface area (Å²) in [6.07, 6.45) is 4.97. The minimum absolute atomic E-state index is 0.0261. The molecule has 0 radical (unpaired) electrons. The van der Waals surface area contributed by atoms with Gasteiger partial charge >= 0.3 is 0 Å². The minimum Gasteiger partial charge on any atom is -0.506 e. The van der Waals surface area contributed by atoms with Gasteiger partial charge < -0.3 is 10.0 Å². The minimum atomic E-state index is -0.443. The predicted molar refractivity (Wildman–Crippen MR) is 129 cm³/mol. The van der Waals surface area contributed by atoms with Gasteiger partial charge in [-0.25, -0.2) is 5.43 Å². The number of carbonyl (C=O) groups excluding carboxylic acids is 2. The molecule has 7 heteroatoms. The normalized spacial score (nSPS) is 11.3. The Labute approximate surface area is 191 Å². The zero-order valence-electron chi connectivity index (χ0n) is 17.9. The monoisotopic (exact) mass is 449 g/mol. The summed E-state index contributed by atoms with van der Waals surface area (Å²) in [5.41, 5.74) is 4.48. The summed E-state index contributed by atoms with van der Waals surface area (Å²) >= 11 is 5.85. The predicted octanol–water partition coefficient (Wildman–Crippen LogP) is 4.84. The molecule has 0 atom stereocenters. The van der Waals surface area contributed by atoms with Crippen LogP contribution in [-0.2, 0) is 4.79 Å². The number of phenolic OH excluding ortho intramolecular Hbond substituents is 1. The number of hydrazone groups is 1. The number of amides is 2.